The third-order valence-electron chi connectivity index (χ3n) is 2.09. The van der Waals surface area contributed by atoms with Gasteiger partial charge in [-0.15, -0.1) is 0 Å². The van der Waals surface area contributed by atoms with E-state index in [1.54, 1.807) is 24.5 Å². The third-order valence-corrected chi connectivity index (χ3v) is 2.66. The zero-order valence-electron chi connectivity index (χ0n) is 11.5. The number of oxime groups is 2. The standard InChI is InChI=1S/C12H10N4O4S2/c1-21-19-15-11(7-13)9-4-3-5-10(6-9)12(8-14)16-20-22(2,17)18/h3-6H,1-2H3. The third kappa shape index (κ3) is 5.44. The molecule has 0 aromatic heterocycles. The molecule has 0 saturated heterocycles. The van der Waals surface area contributed by atoms with Crippen molar-refractivity contribution in [3.8, 4) is 12.1 Å². The highest BCUT2D eigenvalue weighted by Crippen LogP contribution is 2.10. The van der Waals surface area contributed by atoms with E-state index in [-0.39, 0.29) is 17.0 Å². The molecule has 8 nitrogen and oxygen atoms in total. The van der Waals surface area contributed by atoms with Crippen LogP contribution in [0.25, 0.3) is 0 Å². The molecule has 0 fully saturated rings. The number of nitrogens with zero attached hydrogens (tertiary/aromatic N) is 4. The Bertz CT molecular complexity index is 788. The smallest absolute Gasteiger partial charge is 0.321 e. The molecule has 0 atom stereocenters. The second-order valence-corrected chi connectivity index (χ2v) is 5.74. The molecule has 1 aromatic carbocycles. The average molecular weight is 338 g/mol. The quantitative estimate of drug-likeness (QED) is 0.436. The largest absolute Gasteiger partial charge is 0.325 e. The Morgan fingerprint density at radius 2 is 1.73 bits per heavy atom. The number of rotatable bonds is 6. The molecular formula is C12H10N4O4S2. The molecule has 0 unspecified atom stereocenters. The lowest BCUT2D eigenvalue weighted by Gasteiger charge is -2.02. The molecule has 1 aromatic rings. The van der Waals surface area contributed by atoms with Gasteiger partial charge >= 0.3 is 10.1 Å². The molecule has 0 aliphatic carbocycles. The van der Waals surface area contributed by atoms with Gasteiger partial charge in [-0.05, 0) is 6.07 Å². The molecule has 114 valence electrons. The first-order valence-electron chi connectivity index (χ1n) is 5.56. The van der Waals surface area contributed by atoms with E-state index in [1.165, 1.54) is 12.1 Å². The molecule has 10 heteroatoms. The lowest BCUT2D eigenvalue weighted by atomic mass is 10.0. The van der Waals surface area contributed by atoms with E-state index in [4.69, 9.17) is 14.8 Å². The molecule has 22 heavy (non-hydrogen) atoms. The summed E-state index contributed by atoms with van der Waals surface area (Å²) in [6.07, 6.45) is 2.44. The molecule has 1 rings (SSSR count). The van der Waals surface area contributed by atoms with Crippen LogP contribution < -0.4 is 0 Å². The van der Waals surface area contributed by atoms with Crippen LogP contribution in [0, 0.1) is 22.7 Å². The summed E-state index contributed by atoms with van der Waals surface area (Å²) in [5.74, 6) is 0. The Kier molecular flexibility index (Phi) is 6.38. The molecule has 0 amide bonds. The lowest BCUT2D eigenvalue weighted by molar-refractivity contribution is 0.344. The highest BCUT2D eigenvalue weighted by molar-refractivity contribution is 7.93. The van der Waals surface area contributed by atoms with Crippen molar-refractivity contribution >= 4 is 33.6 Å². The highest BCUT2D eigenvalue weighted by atomic mass is 32.2. The van der Waals surface area contributed by atoms with Crippen LogP contribution >= 0.6 is 12.0 Å². The second kappa shape index (κ2) is 8.02. The maximum Gasteiger partial charge on any atom is 0.325 e. The van der Waals surface area contributed by atoms with E-state index in [1.807, 2.05) is 6.07 Å². The Morgan fingerprint density at radius 1 is 1.18 bits per heavy atom. The van der Waals surface area contributed by atoms with Crippen LogP contribution in [0.4, 0.5) is 0 Å². The molecule has 0 heterocycles. The minimum absolute atomic E-state index is 0.00230. The molecule has 0 aliphatic rings. The number of nitriles is 2. The average Bonchev–Trinajstić information content (AvgIpc) is 2.48. The Balaban J connectivity index is 3.20. The predicted octanol–water partition coefficient (Wildman–Crippen LogP) is 1.41. The van der Waals surface area contributed by atoms with Crippen LogP contribution in [0.5, 0.6) is 0 Å². The van der Waals surface area contributed by atoms with E-state index in [2.05, 4.69) is 14.6 Å². The van der Waals surface area contributed by atoms with Gasteiger partial charge in [0.1, 0.15) is 12.1 Å². The Hall–Kier alpha value is -2.56. The molecule has 0 N–H and O–H groups in total. The zero-order valence-corrected chi connectivity index (χ0v) is 13.2. The van der Waals surface area contributed by atoms with Crippen molar-refractivity contribution in [2.24, 2.45) is 10.3 Å². The maximum absolute atomic E-state index is 10.9. The molecule has 0 bridgehead atoms. The summed E-state index contributed by atoms with van der Waals surface area (Å²) in [5.41, 5.74) is 0.403. The summed E-state index contributed by atoms with van der Waals surface area (Å²) in [4.78, 5) is 0. The van der Waals surface area contributed by atoms with E-state index in [0.29, 0.717) is 5.56 Å². The summed E-state index contributed by atoms with van der Waals surface area (Å²) in [6, 6.07) is 9.68. The molecule has 0 spiro atoms. The first-order valence-corrected chi connectivity index (χ1v) is 8.53. The Morgan fingerprint density at radius 3 is 2.18 bits per heavy atom. The fraction of sp³-hybridized carbons (Fsp3) is 0.167. The van der Waals surface area contributed by atoms with Crippen LogP contribution in [0.1, 0.15) is 11.1 Å². The van der Waals surface area contributed by atoms with Gasteiger partial charge in [0.05, 0.1) is 18.3 Å². The van der Waals surface area contributed by atoms with E-state index in [9.17, 15) is 8.42 Å². The van der Waals surface area contributed by atoms with Crippen LogP contribution in [-0.4, -0.2) is 32.4 Å². The number of hydrogen-bond acceptors (Lipinski definition) is 9. The summed E-state index contributed by atoms with van der Waals surface area (Å²) >= 11 is 0.964. The molecular weight excluding hydrogens is 328 g/mol. The van der Waals surface area contributed by atoms with E-state index in [0.717, 1.165) is 18.3 Å². The predicted molar refractivity (Wildman–Crippen MR) is 81.3 cm³/mol. The van der Waals surface area contributed by atoms with Crippen molar-refractivity contribution in [1.82, 2.24) is 0 Å². The SMILES string of the molecule is CSON=C(C#N)c1cccc(C(C#N)=NOS(C)(=O)=O)c1. The van der Waals surface area contributed by atoms with Crippen molar-refractivity contribution in [2.45, 2.75) is 0 Å². The van der Waals surface area contributed by atoms with Crippen LogP contribution in [-0.2, 0) is 18.7 Å². The summed E-state index contributed by atoms with van der Waals surface area (Å²) in [5, 5.41) is 25.0. The minimum atomic E-state index is -3.82. The topological polar surface area (TPSA) is 125 Å². The fourth-order valence-corrected chi connectivity index (χ4v) is 1.63. The monoisotopic (exact) mass is 338 g/mol. The van der Waals surface area contributed by atoms with Gasteiger partial charge in [0.25, 0.3) is 0 Å². The minimum Gasteiger partial charge on any atom is -0.321 e. The van der Waals surface area contributed by atoms with Gasteiger partial charge < -0.3 is 4.28 Å². The maximum atomic E-state index is 10.9. The van der Waals surface area contributed by atoms with Crippen molar-refractivity contribution in [3.63, 3.8) is 0 Å². The van der Waals surface area contributed by atoms with Crippen molar-refractivity contribution in [2.75, 3.05) is 12.5 Å². The zero-order chi connectivity index (χ0) is 16.6. The lowest BCUT2D eigenvalue weighted by Crippen LogP contribution is -2.05. The van der Waals surface area contributed by atoms with Crippen LogP contribution in [0.3, 0.4) is 0 Å². The van der Waals surface area contributed by atoms with Gasteiger partial charge in [-0.1, -0.05) is 28.5 Å². The fourth-order valence-electron chi connectivity index (χ4n) is 1.27. The summed E-state index contributed by atoms with van der Waals surface area (Å²) in [6.45, 7) is 0. The summed E-state index contributed by atoms with van der Waals surface area (Å²) < 4.78 is 30.8. The molecule has 0 radical (unpaired) electrons. The van der Waals surface area contributed by atoms with E-state index < -0.39 is 10.1 Å². The van der Waals surface area contributed by atoms with Crippen molar-refractivity contribution < 1.29 is 17.0 Å². The first kappa shape index (κ1) is 17.5. The van der Waals surface area contributed by atoms with Gasteiger partial charge in [-0.25, -0.2) is 0 Å². The first-order chi connectivity index (χ1) is 10.4. The Labute approximate surface area is 131 Å². The normalized spacial score (nSPS) is 12.2. The van der Waals surface area contributed by atoms with Crippen molar-refractivity contribution in [1.29, 1.82) is 10.5 Å². The van der Waals surface area contributed by atoms with Crippen LogP contribution in [0.15, 0.2) is 34.6 Å². The van der Waals surface area contributed by atoms with Gasteiger partial charge in [0, 0.05) is 17.4 Å². The molecule has 0 aliphatic heterocycles. The van der Waals surface area contributed by atoms with Crippen LogP contribution in [0.2, 0.25) is 0 Å². The van der Waals surface area contributed by atoms with E-state index >= 15 is 0 Å². The van der Waals surface area contributed by atoms with Gasteiger partial charge in [0.15, 0.2) is 11.4 Å². The second-order valence-electron chi connectivity index (χ2n) is 3.70. The number of hydrogen-bond donors (Lipinski definition) is 0. The highest BCUT2D eigenvalue weighted by Gasteiger charge is 2.10. The van der Waals surface area contributed by atoms with Gasteiger partial charge in [-0.2, -0.15) is 18.9 Å². The van der Waals surface area contributed by atoms with Crippen molar-refractivity contribution in [3.05, 3.63) is 35.4 Å². The van der Waals surface area contributed by atoms with Gasteiger partial charge in [0.2, 0.25) is 0 Å². The van der Waals surface area contributed by atoms with Gasteiger partial charge in [-0.3, -0.25) is 4.28 Å². The number of benzene rings is 1. The summed E-state index contributed by atoms with van der Waals surface area (Å²) in [7, 11) is -3.82. The molecule has 0 saturated carbocycles.